The van der Waals surface area contributed by atoms with E-state index in [1.807, 2.05) is 6.92 Å². The van der Waals surface area contributed by atoms with Crippen molar-refractivity contribution in [3.63, 3.8) is 0 Å². The fourth-order valence-electron chi connectivity index (χ4n) is 2.26. The molecule has 0 spiro atoms. The molecule has 1 aromatic rings. The maximum atomic E-state index is 12.2. The van der Waals surface area contributed by atoms with Gasteiger partial charge in [0.25, 0.3) is 15.0 Å². The second kappa shape index (κ2) is 6.26. The van der Waals surface area contributed by atoms with Crippen molar-refractivity contribution in [1.29, 1.82) is 0 Å². The summed E-state index contributed by atoms with van der Waals surface area (Å²) in [4.78, 5) is 12.2. The third-order valence-corrected chi connectivity index (χ3v) is 5.85. The Kier molecular flexibility index (Phi) is 5.00. The van der Waals surface area contributed by atoms with Crippen LogP contribution in [0.3, 0.4) is 0 Å². The highest BCUT2D eigenvalue weighted by Gasteiger charge is 2.25. The van der Waals surface area contributed by atoms with Gasteiger partial charge in [0.15, 0.2) is 0 Å². The molecule has 1 amide bonds. The van der Waals surface area contributed by atoms with Crippen molar-refractivity contribution in [3.05, 3.63) is 27.7 Å². The topological polar surface area (TPSA) is 63.2 Å². The first kappa shape index (κ1) is 16.8. The van der Waals surface area contributed by atoms with Crippen LogP contribution in [0.4, 0.5) is 0 Å². The summed E-state index contributed by atoms with van der Waals surface area (Å²) in [5.74, 6) is 0.425. The number of hydrogen-bond acceptors (Lipinski definition) is 3. The molecular weight excluding hydrogens is 378 g/mol. The lowest BCUT2D eigenvalue weighted by Crippen LogP contribution is -2.33. The second-order valence-electron chi connectivity index (χ2n) is 5.57. The molecule has 21 heavy (non-hydrogen) atoms. The average molecular weight is 395 g/mol. The number of amides is 1. The molecule has 0 aromatic heterocycles. The Hall–Kier alpha value is -0.590. The summed E-state index contributed by atoms with van der Waals surface area (Å²) in [6, 6.07) is 3.00. The van der Waals surface area contributed by atoms with E-state index < -0.39 is 9.05 Å². The van der Waals surface area contributed by atoms with E-state index in [0.717, 1.165) is 6.42 Å². The summed E-state index contributed by atoms with van der Waals surface area (Å²) in [5, 5.41) is 2.90. The zero-order valence-corrected chi connectivity index (χ0v) is 15.0. The van der Waals surface area contributed by atoms with Crippen LogP contribution in [-0.2, 0) is 9.05 Å². The first-order valence-electron chi connectivity index (χ1n) is 6.74. The van der Waals surface area contributed by atoms with E-state index in [1.165, 1.54) is 18.9 Å². The quantitative estimate of drug-likeness (QED) is 0.776. The first-order chi connectivity index (χ1) is 9.68. The lowest BCUT2D eigenvalue weighted by molar-refractivity contribution is 0.0937. The standard InChI is InChI=1S/C14H17BrClNO3S/c1-8(5-10-3-4-10)17-14(18)11-6-12(15)9(2)13(7-11)21(16,19)20/h6-8,10H,3-5H2,1-2H3,(H,17,18). The molecule has 116 valence electrons. The minimum atomic E-state index is -3.89. The number of carbonyl (C=O) groups excluding carboxylic acids is 1. The van der Waals surface area contributed by atoms with Crippen LogP contribution in [0.25, 0.3) is 0 Å². The number of halogens is 2. The van der Waals surface area contributed by atoms with E-state index in [1.54, 1.807) is 13.0 Å². The van der Waals surface area contributed by atoms with Crippen molar-refractivity contribution in [3.8, 4) is 0 Å². The van der Waals surface area contributed by atoms with Crippen molar-refractivity contribution >= 4 is 41.6 Å². The van der Waals surface area contributed by atoms with Crippen molar-refractivity contribution in [2.45, 2.75) is 44.0 Å². The SMILES string of the molecule is Cc1c(Br)cc(C(=O)NC(C)CC2CC2)cc1S(=O)(=O)Cl. The van der Waals surface area contributed by atoms with Crippen LogP contribution in [0.15, 0.2) is 21.5 Å². The number of carbonyl (C=O) groups is 1. The van der Waals surface area contributed by atoms with Crippen LogP contribution < -0.4 is 5.32 Å². The summed E-state index contributed by atoms with van der Waals surface area (Å²) in [7, 11) is 1.53. The molecule has 1 N–H and O–H groups in total. The zero-order valence-electron chi connectivity index (χ0n) is 11.8. The molecule has 0 radical (unpaired) electrons. The molecule has 1 fully saturated rings. The van der Waals surface area contributed by atoms with Gasteiger partial charge in [-0.2, -0.15) is 0 Å². The molecule has 0 aliphatic heterocycles. The fourth-order valence-corrected chi connectivity index (χ4v) is 4.07. The van der Waals surface area contributed by atoms with E-state index in [0.29, 0.717) is 16.0 Å². The van der Waals surface area contributed by atoms with Gasteiger partial charge in [-0.15, -0.1) is 0 Å². The molecule has 1 atom stereocenters. The highest BCUT2D eigenvalue weighted by Crippen LogP contribution is 2.33. The van der Waals surface area contributed by atoms with Gasteiger partial charge in [0.1, 0.15) is 0 Å². The predicted octanol–water partition coefficient (Wildman–Crippen LogP) is 3.60. The van der Waals surface area contributed by atoms with Crippen LogP contribution >= 0.6 is 26.6 Å². The van der Waals surface area contributed by atoms with E-state index in [4.69, 9.17) is 10.7 Å². The van der Waals surface area contributed by atoms with Crippen molar-refractivity contribution in [2.24, 2.45) is 5.92 Å². The Morgan fingerprint density at radius 1 is 1.48 bits per heavy atom. The van der Waals surface area contributed by atoms with Crippen LogP contribution in [0.1, 0.15) is 42.1 Å². The predicted molar refractivity (Wildman–Crippen MR) is 86.2 cm³/mol. The summed E-state index contributed by atoms with van der Waals surface area (Å²) in [6.07, 6.45) is 3.41. The molecule has 1 saturated carbocycles. The summed E-state index contributed by atoms with van der Waals surface area (Å²) >= 11 is 3.27. The largest absolute Gasteiger partial charge is 0.350 e. The Bertz CT molecular complexity index is 671. The number of hydrogen-bond donors (Lipinski definition) is 1. The van der Waals surface area contributed by atoms with Gasteiger partial charge in [0, 0.05) is 26.8 Å². The molecule has 1 aliphatic rings. The lowest BCUT2D eigenvalue weighted by atomic mass is 10.1. The minimum absolute atomic E-state index is 0.0430. The molecule has 1 unspecified atom stereocenters. The van der Waals surface area contributed by atoms with Crippen LogP contribution in [0, 0.1) is 12.8 Å². The molecule has 1 aliphatic carbocycles. The fraction of sp³-hybridized carbons (Fsp3) is 0.500. The normalized spacial score (nSPS) is 16.6. The number of nitrogens with one attached hydrogen (secondary N) is 1. The second-order valence-corrected chi connectivity index (χ2v) is 8.96. The van der Waals surface area contributed by atoms with Crippen molar-refractivity contribution in [1.82, 2.24) is 5.32 Å². The average Bonchev–Trinajstić information content (AvgIpc) is 3.14. The minimum Gasteiger partial charge on any atom is -0.350 e. The Labute approximate surface area is 137 Å². The van der Waals surface area contributed by atoms with Gasteiger partial charge in [-0.25, -0.2) is 8.42 Å². The zero-order chi connectivity index (χ0) is 15.8. The Morgan fingerprint density at radius 2 is 2.10 bits per heavy atom. The first-order valence-corrected chi connectivity index (χ1v) is 9.84. The molecule has 1 aromatic carbocycles. The van der Waals surface area contributed by atoms with Crippen LogP contribution in [-0.4, -0.2) is 20.4 Å². The van der Waals surface area contributed by atoms with Gasteiger partial charge >= 0.3 is 0 Å². The maximum absolute atomic E-state index is 12.2. The Balaban J connectivity index is 2.22. The smallest absolute Gasteiger partial charge is 0.261 e. The number of benzene rings is 1. The van der Waals surface area contributed by atoms with Crippen molar-refractivity contribution < 1.29 is 13.2 Å². The molecule has 0 saturated heterocycles. The Morgan fingerprint density at radius 3 is 2.62 bits per heavy atom. The maximum Gasteiger partial charge on any atom is 0.261 e. The van der Waals surface area contributed by atoms with Gasteiger partial charge in [-0.3, -0.25) is 4.79 Å². The molecule has 4 nitrogen and oxygen atoms in total. The monoisotopic (exact) mass is 393 g/mol. The van der Waals surface area contributed by atoms with E-state index in [9.17, 15) is 13.2 Å². The van der Waals surface area contributed by atoms with E-state index in [2.05, 4.69) is 21.2 Å². The van der Waals surface area contributed by atoms with Gasteiger partial charge in [-0.05, 0) is 43.9 Å². The lowest BCUT2D eigenvalue weighted by Gasteiger charge is -2.14. The number of rotatable bonds is 5. The van der Waals surface area contributed by atoms with Crippen LogP contribution in [0.5, 0.6) is 0 Å². The highest BCUT2D eigenvalue weighted by molar-refractivity contribution is 9.10. The summed E-state index contributed by atoms with van der Waals surface area (Å²) in [5.41, 5.74) is 0.780. The van der Waals surface area contributed by atoms with Gasteiger partial charge < -0.3 is 5.32 Å². The molecular formula is C14H17BrClNO3S. The summed E-state index contributed by atoms with van der Waals surface area (Å²) < 4.78 is 23.7. The van der Waals surface area contributed by atoms with Crippen LogP contribution in [0.2, 0.25) is 0 Å². The summed E-state index contributed by atoms with van der Waals surface area (Å²) in [6.45, 7) is 3.59. The molecule has 0 heterocycles. The van der Waals surface area contributed by atoms with Gasteiger partial charge in [-0.1, -0.05) is 28.8 Å². The van der Waals surface area contributed by atoms with Crippen molar-refractivity contribution in [2.75, 3.05) is 0 Å². The molecule has 2 rings (SSSR count). The highest BCUT2D eigenvalue weighted by atomic mass is 79.9. The third-order valence-electron chi connectivity index (χ3n) is 3.58. The van der Waals surface area contributed by atoms with Gasteiger partial charge in [0.2, 0.25) is 0 Å². The molecule has 7 heteroatoms. The van der Waals surface area contributed by atoms with E-state index in [-0.39, 0.29) is 22.4 Å². The van der Waals surface area contributed by atoms with E-state index >= 15 is 0 Å². The third kappa shape index (κ3) is 4.44. The van der Waals surface area contributed by atoms with Gasteiger partial charge in [0.05, 0.1) is 4.90 Å². The molecule has 0 bridgehead atoms.